The number of hydrogen-bond donors (Lipinski definition) is 3. The summed E-state index contributed by atoms with van der Waals surface area (Å²) in [6, 6.07) is 6.99. The molecule has 32 heavy (non-hydrogen) atoms. The lowest BCUT2D eigenvalue weighted by atomic mass is 10.0. The van der Waals surface area contributed by atoms with Crippen LogP contribution in [0.5, 0.6) is 0 Å². The molecule has 2 N–H and O–H groups in total. The fourth-order valence-corrected chi connectivity index (χ4v) is 3.23. The van der Waals surface area contributed by atoms with E-state index in [0.717, 1.165) is 16.9 Å². The molecule has 8 nitrogen and oxygen atoms in total. The van der Waals surface area contributed by atoms with E-state index >= 15 is 0 Å². The molecular weight excluding hydrogens is 428 g/mol. The Morgan fingerprint density at radius 2 is 1.75 bits per heavy atom. The summed E-state index contributed by atoms with van der Waals surface area (Å²) >= 11 is 4.19. The van der Waals surface area contributed by atoms with Crippen molar-refractivity contribution in [3.05, 3.63) is 35.4 Å². The third-order valence-corrected chi connectivity index (χ3v) is 4.76. The molecule has 0 bridgehead atoms. The van der Waals surface area contributed by atoms with Gasteiger partial charge >= 0.3 is 6.09 Å². The van der Waals surface area contributed by atoms with Gasteiger partial charge in [-0.1, -0.05) is 31.2 Å². The number of thiol groups is 1. The first-order valence-corrected chi connectivity index (χ1v) is 11.2. The Morgan fingerprint density at radius 1 is 1.16 bits per heavy atom. The van der Waals surface area contributed by atoms with E-state index in [1.807, 2.05) is 39.0 Å². The van der Waals surface area contributed by atoms with Gasteiger partial charge in [-0.05, 0) is 52.2 Å². The molecule has 176 valence electrons. The fraction of sp³-hybridized carbons (Fsp3) is 0.565. The predicted octanol–water partition coefficient (Wildman–Crippen LogP) is 2.99. The van der Waals surface area contributed by atoms with Gasteiger partial charge in [0.1, 0.15) is 24.2 Å². The number of amides is 3. The lowest BCUT2D eigenvalue weighted by Crippen LogP contribution is -2.54. The summed E-state index contributed by atoms with van der Waals surface area (Å²) in [5.74, 6) is -1.05. The van der Waals surface area contributed by atoms with Crippen molar-refractivity contribution in [1.29, 1.82) is 5.26 Å². The van der Waals surface area contributed by atoms with Crippen molar-refractivity contribution >= 4 is 30.5 Å². The van der Waals surface area contributed by atoms with Crippen molar-refractivity contribution in [2.45, 2.75) is 71.7 Å². The van der Waals surface area contributed by atoms with Gasteiger partial charge in [-0.2, -0.15) is 17.9 Å². The largest absolute Gasteiger partial charge is 0.444 e. The lowest BCUT2D eigenvalue weighted by Gasteiger charge is -2.33. The Bertz CT molecular complexity index is 828. The minimum atomic E-state index is -1.08. The van der Waals surface area contributed by atoms with E-state index in [9.17, 15) is 19.6 Å². The molecule has 2 unspecified atom stereocenters. The SMILES string of the molecule is CCc1ccc(C(C(=O)NC(C)C)N(CC#N)C(=O)C(CS)NC(=O)OC(C)(C)C)cc1. The topological polar surface area (TPSA) is 112 Å². The molecule has 0 spiro atoms. The van der Waals surface area contributed by atoms with E-state index in [0.29, 0.717) is 5.56 Å². The van der Waals surface area contributed by atoms with E-state index < -0.39 is 35.6 Å². The van der Waals surface area contributed by atoms with Crippen LogP contribution in [-0.4, -0.2) is 52.8 Å². The lowest BCUT2D eigenvalue weighted by molar-refractivity contribution is -0.141. The van der Waals surface area contributed by atoms with Crippen molar-refractivity contribution in [1.82, 2.24) is 15.5 Å². The molecule has 0 aliphatic carbocycles. The van der Waals surface area contributed by atoms with E-state index in [2.05, 4.69) is 23.3 Å². The van der Waals surface area contributed by atoms with Crippen LogP contribution in [0.2, 0.25) is 0 Å². The zero-order valence-corrected chi connectivity index (χ0v) is 20.5. The minimum Gasteiger partial charge on any atom is -0.444 e. The quantitative estimate of drug-likeness (QED) is 0.386. The monoisotopic (exact) mass is 462 g/mol. The molecule has 9 heteroatoms. The molecule has 3 amide bonds. The van der Waals surface area contributed by atoms with Crippen molar-refractivity contribution in [2.24, 2.45) is 0 Å². The Morgan fingerprint density at radius 3 is 2.19 bits per heavy atom. The van der Waals surface area contributed by atoms with Gasteiger partial charge in [-0.15, -0.1) is 0 Å². The average molecular weight is 463 g/mol. The predicted molar refractivity (Wildman–Crippen MR) is 126 cm³/mol. The van der Waals surface area contributed by atoms with E-state index in [1.165, 1.54) is 0 Å². The van der Waals surface area contributed by atoms with Crippen LogP contribution in [0.4, 0.5) is 4.79 Å². The maximum atomic E-state index is 13.4. The average Bonchev–Trinajstić information content (AvgIpc) is 2.69. The van der Waals surface area contributed by atoms with E-state index in [1.54, 1.807) is 32.9 Å². The Hall–Kier alpha value is -2.73. The third-order valence-electron chi connectivity index (χ3n) is 4.39. The third kappa shape index (κ3) is 8.42. The van der Waals surface area contributed by atoms with Gasteiger partial charge < -0.3 is 20.3 Å². The first kappa shape index (κ1) is 27.3. The molecule has 1 aromatic carbocycles. The van der Waals surface area contributed by atoms with Crippen LogP contribution in [0.25, 0.3) is 0 Å². The van der Waals surface area contributed by atoms with Crippen LogP contribution in [0.1, 0.15) is 58.7 Å². The molecule has 0 radical (unpaired) electrons. The summed E-state index contributed by atoms with van der Waals surface area (Å²) in [4.78, 5) is 39.9. The van der Waals surface area contributed by atoms with Crippen molar-refractivity contribution in [3.8, 4) is 6.07 Å². The van der Waals surface area contributed by atoms with Crippen LogP contribution in [0.15, 0.2) is 24.3 Å². The van der Waals surface area contributed by atoms with Crippen LogP contribution in [-0.2, 0) is 20.7 Å². The maximum absolute atomic E-state index is 13.4. The van der Waals surface area contributed by atoms with E-state index in [-0.39, 0.29) is 18.3 Å². The molecule has 0 heterocycles. The van der Waals surface area contributed by atoms with E-state index in [4.69, 9.17) is 4.74 Å². The maximum Gasteiger partial charge on any atom is 0.408 e. The number of carbonyl (C=O) groups is 3. The van der Waals surface area contributed by atoms with Crippen molar-refractivity contribution < 1.29 is 19.1 Å². The van der Waals surface area contributed by atoms with Crippen LogP contribution in [0, 0.1) is 11.3 Å². The second-order valence-electron chi connectivity index (χ2n) is 8.67. The molecule has 0 aromatic heterocycles. The summed E-state index contributed by atoms with van der Waals surface area (Å²) in [6.07, 6.45) is 0.0446. The van der Waals surface area contributed by atoms with Gasteiger partial charge in [0.25, 0.3) is 0 Å². The minimum absolute atomic E-state index is 0.0344. The highest BCUT2D eigenvalue weighted by Crippen LogP contribution is 2.23. The summed E-state index contributed by atoms with van der Waals surface area (Å²) < 4.78 is 5.23. The number of ether oxygens (including phenoxy) is 1. The highest BCUT2D eigenvalue weighted by molar-refractivity contribution is 7.80. The summed E-state index contributed by atoms with van der Waals surface area (Å²) in [6.45, 7) is 10.4. The zero-order valence-electron chi connectivity index (χ0n) is 19.6. The normalized spacial score (nSPS) is 13.0. The standard InChI is InChI=1S/C23H34N4O4S/c1-7-16-8-10-17(11-9-16)19(20(28)25-15(2)3)27(13-12-24)21(29)18(14-32)26-22(30)31-23(4,5)6/h8-11,15,18-19,32H,7,13-14H2,1-6H3,(H,25,28)(H,26,30). The van der Waals surface area contributed by atoms with Gasteiger partial charge in [0.05, 0.1) is 6.07 Å². The van der Waals surface area contributed by atoms with Gasteiger partial charge in [0.2, 0.25) is 11.8 Å². The van der Waals surface area contributed by atoms with Gasteiger partial charge in [0, 0.05) is 11.8 Å². The van der Waals surface area contributed by atoms with Crippen molar-refractivity contribution in [3.63, 3.8) is 0 Å². The second-order valence-corrected chi connectivity index (χ2v) is 9.03. The molecule has 0 fully saturated rings. The number of rotatable bonds is 9. The van der Waals surface area contributed by atoms with Gasteiger partial charge in [-0.25, -0.2) is 4.79 Å². The summed E-state index contributed by atoms with van der Waals surface area (Å²) in [7, 11) is 0. The Balaban J connectivity index is 3.32. The number of nitrogens with one attached hydrogen (secondary N) is 2. The summed E-state index contributed by atoms with van der Waals surface area (Å²) in [5, 5.41) is 14.7. The first-order chi connectivity index (χ1) is 14.9. The number of carbonyl (C=O) groups excluding carboxylic acids is 3. The number of nitrogens with zero attached hydrogens (tertiary/aromatic N) is 2. The van der Waals surface area contributed by atoms with Crippen LogP contribution < -0.4 is 10.6 Å². The molecule has 0 aliphatic rings. The molecule has 0 saturated heterocycles. The Kier molecular flexibility index (Phi) is 10.5. The number of aryl methyl sites for hydroxylation is 1. The smallest absolute Gasteiger partial charge is 0.408 e. The molecule has 1 rings (SSSR count). The molecule has 2 atom stereocenters. The number of hydrogen-bond acceptors (Lipinski definition) is 6. The van der Waals surface area contributed by atoms with Crippen LogP contribution >= 0.6 is 12.6 Å². The number of benzene rings is 1. The first-order valence-electron chi connectivity index (χ1n) is 10.6. The van der Waals surface area contributed by atoms with Crippen LogP contribution in [0.3, 0.4) is 0 Å². The highest BCUT2D eigenvalue weighted by Gasteiger charge is 2.36. The fourth-order valence-electron chi connectivity index (χ4n) is 2.98. The number of alkyl carbamates (subject to hydrolysis) is 1. The molecule has 1 aromatic rings. The Labute approximate surface area is 196 Å². The highest BCUT2D eigenvalue weighted by atomic mass is 32.1. The second kappa shape index (κ2) is 12.3. The van der Waals surface area contributed by atoms with Gasteiger partial charge in [0.15, 0.2) is 0 Å². The number of nitriles is 1. The molecular formula is C23H34N4O4S. The van der Waals surface area contributed by atoms with Crippen molar-refractivity contribution in [2.75, 3.05) is 12.3 Å². The molecule has 0 aliphatic heterocycles. The molecule has 0 saturated carbocycles. The van der Waals surface area contributed by atoms with Gasteiger partial charge in [-0.3, -0.25) is 9.59 Å². The summed E-state index contributed by atoms with van der Waals surface area (Å²) in [5.41, 5.74) is 0.898. The zero-order chi connectivity index (χ0) is 24.5.